The van der Waals surface area contributed by atoms with Crippen LogP contribution < -0.4 is 10.1 Å². The molecule has 1 N–H and O–H groups in total. The van der Waals surface area contributed by atoms with Gasteiger partial charge in [0.2, 0.25) is 0 Å². The number of nitrogens with zero attached hydrogens (tertiary/aromatic N) is 4. The van der Waals surface area contributed by atoms with Crippen molar-refractivity contribution in [3.05, 3.63) is 52.2 Å². The van der Waals surface area contributed by atoms with Gasteiger partial charge in [-0.25, -0.2) is 4.98 Å². The van der Waals surface area contributed by atoms with E-state index < -0.39 is 6.61 Å². The lowest BCUT2D eigenvalue weighted by atomic mass is 9.94. The van der Waals surface area contributed by atoms with E-state index in [0.717, 1.165) is 23.2 Å². The van der Waals surface area contributed by atoms with Crippen LogP contribution in [-0.4, -0.2) is 29.6 Å². The summed E-state index contributed by atoms with van der Waals surface area (Å²) in [4.78, 5) is 6.67. The minimum Gasteiger partial charge on any atom is -0.435 e. The standard InChI is InChI=1S/C20H19F2N5O/c1-13-17(10-24)16-6-9-27(12-18(16)19(26-13)25-8-7-23)11-14-2-4-15(5-3-14)28-20(21)22/h2-5,20H,6,8-9,11-12H2,1H3,(H,25,26). The molecule has 1 aromatic carbocycles. The van der Waals surface area contributed by atoms with Crippen molar-refractivity contribution in [3.8, 4) is 17.9 Å². The van der Waals surface area contributed by atoms with Gasteiger partial charge in [-0.2, -0.15) is 19.3 Å². The van der Waals surface area contributed by atoms with Gasteiger partial charge in [-0.05, 0) is 36.6 Å². The minimum absolute atomic E-state index is 0.129. The summed E-state index contributed by atoms with van der Waals surface area (Å²) >= 11 is 0. The molecule has 0 saturated heterocycles. The van der Waals surface area contributed by atoms with Crippen LogP contribution in [0.25, 0.3) is 0 Å². The smallest absolute Gasteiger partial charge is 0.387 e. The number of aryl methyl sites for hydroxylation is 1. The summed E-state index contributed by atoms with van der Waals surface area (Å²) < 4.78 is 28.9. The molecule has 144 valence electrons. The van der Waals surface area contributed by atoms with Gasteiger partial charge in [0, 0.05) is 25.2 Å². The molecule has 0 unspecified atom stereocenters. The van der Waals surface area contributed by atoms with E-state index in [9.17, 15) is 14.0 Å². The van der Waals surface area contributed by atoms with E-state index in [1.165, 1.54) is 12.1 Å². The number of nitriles is 2. The maximum Gasteiger partial charge on any atom is 0.387 e. The Bertz CT molecular complexity index is 932. The number of rotatable bonds is 6. The van der Waals surface area contributed by atoms with Gasteiger partial charge in [0.25, 0.3) is 0 Å². The van der Waals surface area contributed by atoms with Crippen LogP contribution >= 0.6 is 0 Å². The van der Waals surface area contributed by atoms with Gasteiger partial charge in [-0.15, -0.1) is 0 Å². The largest absolute Gasteiger partial charge is 0.435 e. The number of halogens is 2. The molecular weight excluding hydrogens is 364 g/mol. The number of pyridine rings is 1. The number of ether oxygens (including phenoxy) is 1. The number of nitrogens with one attached hydrogen (secondary N) is 1. The minimum atomic E-state index is -2.84. The molecule has 1 aromatic heterocycles. The van der Waals surface area contributed by atoms with E-state index in [-0.39, 0.29) is 12.3 Å². The first-order valence-corrected chi connectivity index (χ1v) is 8.81. The van der Waals surface area contributed by atoms with Gasteiger partial charge in [-0.1, -0.05) is 12.1 Å². The van der Waals surface area contributed by atoms with E-state index in [2.05, 4.69) is 26.0 Å². The molecule has 6 nitrogen and oxygen atoms in total. The molecule has 0 amide bonds. The van der Waals surface area contributed by atoms with Gasteiger partial charge >= 0.3 is 6.61 Å². The van der Waals surface area contributed by atoms with Gasteiger partial charge in [0.05, 0.1) is 17.3 Å². The summed E-state index contributed by atoms with van der Waals surface area (Å²) in [5.74, 6) is 0.766. The number of alkyl halides is 2. The highest BCUT2D eigenvalue weighted by molar-refractivity contribution is 5.58. The molecule has 1 aliphatic heterocycles. The fourth-order valence-corrected chi connectivity index (χ4v) is 3.41. The molecule has 1 aliphatic rings. The number of benzene rings is 1. The number of anilines is 1. The zero-order valence-corrected chi connectivity index (χ0v) is 15.4. The van der Waals surface area contributed by atoms with E-state index in [4.69, 9.17) is 5.26 Å². The number of hydrogen-bond acceptors (Lipinski definition) is 6. The fourth-order valence-electron chi connectivity index (χ4n) is 3.41. The maximum atomic E-state index is 12.3. The molecule has 0 saturated carbocycles. The van der Waals surface area contributed by atoms with E-state index in [0.29, 0.717) is 36.6 Å². The lowest BCUT2D eigenvalue weighted by molar-refractivity contribution is -0.0498. The summed E-state index contributed by atoms with van der Waals surface area (Å²) in [7, 11) is 0. The molecule has 2 aromatic rings. The molecule has 2 heterocycles. The molecule has 28 heavy (non-hydrogen) atoms. The predicted molar refractivity (Wildman–Crippen MR) is 98.7 cm³/mol. The Morgan fingerprint density at radius 1 is 1.25 bits per heavy atom. The van der Waals surface area contributed by atoms with Crippen LogP contribution in [-0.2, 0) is 19.5 Å². The molecule has 0 radical (unpaired) electrons. The average molecular weight is 383 g/mol. The Kier molecular flexibility index (Phi) is 6.03. The van der Waals surface area contributed by atoms with Crippen LogP contribution in [0.4, 0.5) is 14.6 Å². The van der Waals surface area contributed by atoms with Crippen LogP contribution in [0.3, 0.4) is 0 Å². The third-order valence-corrected chi connectivity index (χ3v) is 4.65. The number of fused-ring (bicyclic) bond motifs is 1. The fraction of sp³-hybridized carbons (Fsp3) is 0.350. The Balaban J connectivity index is 1.79. The Morgan fingerprint density at radius 3 is 2.64 bits per heavy atom. The normalized spacial score (nSPS) is 13.5. The summed E-state index contributed by atoms with van der Waals surface area (Å²) in [6.07, 6.45) is 0.704. The number of hydrogen-bond donors (Lipinski definition) is 1. The highest BCUT2D eigenvalue weighted by Crippen LogP contribution is 2.30. The van der Waals surface area contributed by atoms with E-state index >= 15 is 0 Å². The van der Waals surface area contributed by atoms with Crippen molar-refractivity contribution in [1.82, 2.24) is 9.88 Å². The van der Waals surface area contributed by atoms with Crippen LogP contribution in [0.2, 0.25) is 0 Å². The first kappa shape index (κ1) is 19.5. The van der Waals surface area contributed by atoms with Crippen molar-refractivity contribution >= 4 is 5.82 Å². The SMILES string of the molecule is Cc1nc(NCC#N)c2c(c1C#N)CCN(Cc1ccc(OC(F)F)cc1)C2. The molecule has 3 rings (SSSR count). The van der Waals surface area contributed by atoms with Crippen molar-refractivity contribution in [2.45, 2.75) is 33.0 Å². The second-order valence-corrected chi connectivity index (χ2v) is 6.48. The second-order valence-electron chi connectivity index (χ2n) is 6.48. The Morgan fingerprint density at radius 2 is 2.00 bits per heavy atom. The first-order chi connectivity index (χ1) is 13.5. The predicted octanol–water partition coefficient (Wildman–Crippen LogP) is 3.36. The van der Waals surface area contributed by atoms with Crippen LogP contribution in [0.5, 0.6) is 5.75 Å². The summed E-state index contributed by atoms with van der Waals surface area (Å²) in [5.41, 5.74) is 4.14. The molecular formula is C20H19F2N5O. The van der Waals surface area contributed by atoms with Crippen LogP contribution in [0, 0.1) is 29.6 Å². The molecule has 0 spiro atoms. The van der Waals surface area contributed by atoms with Gasteiger partial charge in [0.15, 0.2) is 0 Å². The van der Waals surface area contributed by atoms with E-state index in [1.54, 1.807) is 19.1 Å². The van der Waals surface area contributed by atoms with Crippen LogP contribution in [0.1, 0.15) is 27.9 Å². The molecule has 0 atom stereocenters. The van der Waals surface area contributed by atoms with Gasteiger partial charge < -0.3 is 10.1 Å². The van der Waals surface area contributed by atoms with Crippen LogP contribution in [0.15, 0.2) is 24.3 Å². The van der Waals surface area contributed by atoms with Gasteiger partial charge in [0.1, 0.15) is 24.2 Å². The molecule has 0 aliphatic carbocycles. The van der Waals surface area contributed by atoms with Crippen molar-refractivity contribution in [2.75, 3.05) is 18.4 Å². The second kappa shape index (κ2) is 8.64. The molecule has 0 bridgehead atoms. The lowest BCUT2D eigenvalue weighted by Gasteiger charge is -2.31. The highest BCUT2D eigenvalue weighted by Gasteiger charge is 2.24. The van der Waals surface area contributed by atoms with Gasteiger partial charge in [-0.3, -0.25) is 4.90 Å². The quantitative estimate of drug-likeness (QED) is 0.770. The zero-order chi connectivity index (χ0) is 20.1. The molecule has 0 fully saturated rings. The van der Waals surface area contributed by atoms with Crippen molar-refractivity contribution in [3.63, 3.8) is 0 Å². The number of aromatic nitrogens is 1. The van der Waals surface area contributed by atoms with Crippen molar-refractivity contribution in [1.29, 1.82) is 10.5 Å². The maximum absolute atomic E-state index is 12.3. The summed E-state index contributed by atoms with van der Waals surface area (Å²) in [6.45, 7) is 1.07. The average Bonchev–Trinajstić information content (AvgIpc) is 2.67. The third-order valence-electron chi connectivity index (χ3n) is 4.65. The highest BCUT2D eigenvalue weighted by atomic mass is 19.3. The molecule has 8 heteroatoms. The summed E-state index contributed by atoms with van der Waals surface area (Å²) in [6, 6.07) is 10.9. The first-order valence-electron chi connectivity index (χ1n) is 8.81. The Hall–Kier alpha value is -3.23. The van der Waals surface area contributed by atoms with Crippen molar-refractivity contribution < 1.29 is 13.5 Å². The van der Waals surface area contributed by atoms with Crippen molar-refractivity contribution in [2.24, 2.45) is 0 Å². The Labute approximate surface area is 162 Å². The topological polar surface area (TPSA) is 85.0 Å². The van der Waals surface area contributed by atoms with E-state index in [1.807, 2.05) is 6.07 Å². The summed E-state index contributed by atoms with van der Waals surface area (Å²) in [5, 5.41) is 21.4. The third kappa shape index (κ3) is 4.36. The monoisotopic (exact) mass is 383 g/mol. The zero-order valence-electron chi connectivity index (χ0n) is 15.4. The lowest BCUT2D eigenvalue weighted by Crippen LogP contribution is -2.32.